The zero-order chi connectivity index (χ0) is 14.6. The maximum Gasteiger partial charge on any atom is 0.161 e. The third kappa shape index (κ3) is 3.88. The summed E-state index contributed by atoms with van der Waals surface area (Å²) in [6.07, 6.45) is -4.43. The van der Waals surface area contributed by atoms with Gasteiger partial charge in [-0.1, -0.05) is 0 Å². The van der Waals surface area contributed by atoms with Crippen LogP contribution in [0, 0.1) is 0 Å². The minimum Gasteiger partial charge on any atom is -0.391 e. The lowest BCUT2D eigenvalue weighted by atomic mass is 9.92. The molecule has 6 heteroatoms. The van der Waals surface area contributed by atoms with Crippen LogP contribution in [0.5, 0.6) is 0 Å². The summed E-state index contributed by atoms with van der Waals surface area (Å²) >= 11 is 0. The fourth-order valence-electron chi connectivity index (χ4n) is 2.14. The Bertz CT molecular complexity index is 269. The minimum atomic E-state index is -1.25. The van der Waals surface area contributed by atoms with E-state index in [4.69, 9.17) is 10.8 Å². The predicted molar refractivity (Wildman–Crippen MR) is 66.0 cm³/mol. The highest BCUT2D eigenvalue weighted by Gasteiger charge is 2.42. The third-order valence-corrected chi connectivity index (χ3v) is 3.00. The summed E-state index contributed by atoms with van der Waals surface area (Å²) in [5.74, 6) is 0. The first-order chi connectivity index (χ1) is 8.90. The summed E-state index contributed by atoms with van der Waals surface area (Å²) in [7, 11) is 1.65. The number of nitrogens with one attached hydrogen (secondary N) is 1. The summed E-state index contributed by atoms with van der Waals surface area (Å²) in [6, 6.07) is -0.511. The van der Waals surface area contributed by atoms with E-state index >= 15 is 0 Å². The Balaban J connectivity index is 2.77. The SMILES string of the molecule is [2H]CC(O)C(O)C1OC(OC(C)C)CC(O)C1NC. The largest absolute Gasteiger partial charge is 0.391 e. The first-order valence-corrected chi connectivity index (χ1v) is 6.22. The van der Waals surface area contributed by atoms with Crippen molar-refractivity contribution in [3.05, 3.63) is 0 Å². The van der Waals surface area contributed by atoms with E-state index in [9.17, 15) is 15.3 Å². The van der Waals surface area contributed by atoms with Gasteiger partial charge in [0.05, 0.1) is 24.4 Å². The molecule has 1 fully saturated rings. The van der Waals surface area contributed by atoms with Crippen molar-refractivity contribution in [2.24, 2.45) is 0 Å². The quantitative estimate of drug-likeness (QED) is 0.520. The van der Waals surface area contributed by atoms with Crippen LogP contribution in [0.3, 0.4) is 0 Å². The van der Waals surface area contributed by atoms with Crippen molar-refractivity contribution in [1.82, 2.24) is 5.32 Å². The van der Waals surface area contributed by atoms with E-state index in [1.54, 1.807) is 7.05 Å². The van der Waals surface area contributed by atoms with Gasteiger partial charge in [-0.2, -0.15) is 0 Å². The Labute approximate surface area is 109 Å². The third-order valence-electron chi connectivity index (χ3n) is 3.00. The number of aliphatic hydroxyl groups is 3. The van der Waals surface area contributed by atoms with E-state index in [2.05, 4.69) is 5.32 Å². The van der Waals surface area contributed by atoms with Gasteiger partial charge >= 0.3 is 0 Å². The fourth-order valence-corrected chi connectivity index (χ4v) is 2.14. The van der Waals surface area contributed by atoms with Gasteiger partial charge in [-0.25, -0.2) is 0 Å². The summed E-state index contributed by atoms with van der Waals surface area (Å²) in [5.41, 5.74) is 0. The van der Waals surface area contributed by atoms with Gasteiger partial charge < -0.3 is 30.1 Å². The van der Waals surface area contributed by atoms with E-state index in [0.717, 1.165) is 0 Å². The van der Waals surface area contributed by atoms with Crippen LogP contribution in [0.1, 0.15) is 28.5 Å². The molecule has 0 saturated carbocycles. The van der Waals surface area contributed by atoms with Crippen LogP contribution in [0.25, 0.3) is 0 Å². The number of rotatable bonds is 5. The molecular weight excluding hydrogens is 238 g/mol. The fraction of sp³-hybridized carbons (Fsp3) is 1.00. The van der Waals surface area contributed by atoms with E-state index in [1.165, 1.54) is 0 Å². The van der Waals surface area contributed by atoms with E-state index < -0.39 is 36.7 Å². The van der Waals surface area contributed by atoms with Crippen LogP contribution in [-0.4, -0.2) is 65.2 Å². The average Bonchev–Trinajstić information content (AvgIpc) is 2.35. The Morgan fingerprint density at radius 3 is 2.61 bits per heavy atom. The number of likely N-dealkylation sites (N-methyl/N-ethyl adjacent to an activating group) is 1. The second kappa shape index (κ2) is 6.79. The van der Waals surface area contributed by atoms with Crippen molar-refractivity contribution in [1.29, 1.82) is 0 Å². The molecule has 0 radical (unpaired) electrons. The van der Waals surface area contributed by atoms with E-state index in [-0.39, 0.29) is 13.0 Å². The Hall–Kier alpha value is -0.240. The van der Waals surface area contributed by atoms with E-state index in [1.807, 2.05) is 13.8 Å². The second-order valence-corrected chi connectivity index (χ2v) is 4.89. The maximum atomic E-state index is 10.1. The highest BCUT2D eigenvalue weighted by Crippen LogP contribution is 2.25. The molecule has 1 aliphatic rings. The van der Waals surface area contributed by atoms with Crippen molar-refractivity contribution in [3.8, 4) is 0 Å². The number of hydrogen-bond donors (Lipinski definition) is 4. The second-order valence-electron chi connectivity index (χ2n) is 4.89. The molecular formula is C12H25NO5. The molecule has 18 heavy (non-hydrogen) atoms. The predicted octanol–water partition coefficient (Wildman–Crippen LogP) is -0.783. The monoisotopic (exact) mass is 264 g/mol. The maximum absolute atomic E-state index is 10.1. The molecule has 1 heterocycles. The zero-order valence-corrected chi connectivity index (χ0v) is 11.1. The summed E-state index contributed by atoms with van der Waals surface area (Å²) in [5, 5.41) is 32.5. The molecule has 0 amide bonds. The molecule has 0 aromatic heterocycles. The summed E-state index contributed by atoms with van der Waals surface area (Å²) in [6.45, 7) is 3.37. The van der Waals surface area contributed by atoms with Crippen LogP contribution < -0.4 is 5.32 Å². The van der Waals surface area contributed by atoms with Crippen LogP contribution in [0.4, 0.5) is 0 Å². The highest BCUT2D eigenvalue weighted by atomic mass is 16.7. The van der Waals surface area contributed by atoms with Gasteiger partial charge in [0.15, 0.2) is 6.29 Å². The molecule has 6 unspecified atom stereocenters. The van der Waals surface area contributed by atoms with Gasteiger partial charge in [-0.3, -0.25) is 0 Å². The first-order valence-electron chi connectivity index (χ1n) is 6.93. The zero-order valence-electron chi connectivity index (χ0n) is 12.1. The molecule has 4 N–H and O–H groups in total. The van der Waals surface area contributed by atoms with Crippen LogP contribution in [0.2, 0.25) is 0 Å². The van der Waals surface area contributed by atoms with Crippen molar-refractivity contribution in [3.63, 3.8) is 0 Å². The van der Waals surface area contributed by atoms with Crippen LogP contribution in [0.15, 0.2) is 0 Å². The van der Waals surface area contributed by atoms with E-state index in [0.29, 0.717) is 6.42 Å². The minimum absolute atomic E-state index is 0.0674. The van der Waals surface area contributed by atoms with Gasteiger partial charge in [0.1, 0.15) is 12.2 Å². The van der Waals surface area contributed by atoms with Crippen LogP contribution in [-0.2, 0) is 9.47 Å². The molecule has 0 aromatic rings. The molecule has 0 aliphatic carbocycles. The smallest absolute Gasteiger partial charge is 0.161 e. The van der Waals surface area contributed by atoms with Crippen molar-refractivity contribution < 1.29 is 26.2 Å². The van der Waals surface area contributed by atoms with Crippen molar-refractivity contribution in [2.75, 3.05) is 7.05 Å². The van der Waals surface area contributed by atoms with Crippen LogP contribution >= 0.6 is 0 Å². The number of hydrogen-bond acceptors (Lipinski definition) is 6. The van der Waals surface area contributed by atoms with Gasteiger partial charge in [-0.15, -0.1) is 0 Å². The Morgan fingerprint density at radius 2 is 2.11 bits per heavy atom. The lowest BCUT2D eigenvalue weighted by molar-refractivity contribution is -0.260. The molecule has 6 atom stereocenters. The van der Waals surface area contributed by atoms with Crippen molar-refractivity contribution >= 4 is 0 Å². The molecule has 0 aromatic carbocycles. The molecule has 0 spiro atoms. The highest BCUT2D eigenvalue weighted by molar-refractivity contribution is 4.93. The summed E-state index contributed by atoms with van der Waals surface area (Å²) < 4.78 is 18.2. The molecule has 108 valence electrons. The van der Waals surface area contributed by atoms with Gasteiger partial charge in [-0.05, 0) is 27.8 Å². The van der Waals surface area contributed by atoms with Gasteiger partial charge in [0.2, 0.25) is 0 Å². The molecule has 0 bridgehead atoms. The standard InChI is InChI=1S/C12H25NO5/c1-6(2)17-9-5-8(15)10(13-4)12(18-9)11(16)7(3)14/h6-16H,5H2,1-4H3/i3D. The average molecular weight is 264 g/mol. The Kier molecular flexibility index (Phi) is 5.35. The molecule has 6 nitrogen and oxygen atoms in total. The topological polar surface area (TPSA) is 91.2 Å². The molecule has 1 saturated heterocycles. The van der Waals surface area contributed by atoms with Crippen molar-refractivity contribution in [2.45, 2.75) is 70.0 Å². The first kappa shape index (κ1) is 14.2. The summed E-state index contributed by atoms with van der Waals surface area (Å²) in [4.78, 5) is 0. The lowest BCUT2D eigenvalue weighted by Crippen LogP contribution is -2.61. The molecule has 1 rings (SSSR count). The number of aliphatic hydroxyl groups excluding tert-OH is 3. The van der Waals surface area contributed by atoms with Gasteiger partial charge in [0.25, 0.3) is 0 Å². The Morgan fingerprint density at radius 1 is 1.44 bits per heavy atom. The van der Waals surface area contributed by atoms with Gasteiger partial charge in [0, 0.05) is 7.79 Å². The molecule has 1 aliphatic heterocycles. The normalized spacial score (nSPS) is 37.4. The number of ether oxygens (including phenoxy) is 2. The lowest BCUT2D eigenvalue weighted by Gasteiger charge is -2.42.